The third-order valence-electron chi connectivity index (χ3n) is 8.18. The van der Waals surface area contributed by atoms with Crippen molar-refractivity contribution in [2.75, 3.05) is 18.9 Å². The highest BCUT2D eigenvalue weighted by molar-refractivity contribution is 7.61. The average Bonchev–Trinajstić information content (AvgIpc) is 3.87. The summed E-state index contributed by atoms with van der Waals surface area (Å²) in [7, 11) is -16.7. The van der Waals surface area contributed by atoms with E-state index in [1.165, 1.54) is 35.5 Å². The second-order valence-corrected chi connectivity index (χ2v) is 15.9. The number of imidazole rings is 1. The number of furan rings is 1. The highest BCUT2D eigenvalue weighted by atomic mass is 31.3. The number of nitrogen functional groups attached to an aromatic ring is 1. The van der Waals surface area contributed by atoms with E-state index in [0.717, 1.165) is 23.5 Å². The predicted molar refractivity (Wildman–Crippen MR) is 169 cm³/mol. The van der Waals surface area contributed by atoms with Gasteiger partial charge >= 0.3 is 23.5 Å². The van der Waals surface area contributed by atoms with Crippen molar-refractivity contribution in [2.45, 2.75) is 55.0 Å². The molecule has 53 heavy (non-hydrogen) atoms. The van der Waals surface area contributed by atoms with Gasteiger partial charge in [0.05, 0.1) is 25.8 Å². The first-order valence-electron chi connectivity index (χ1n) is 15.0. The Hall–Kier alpha value is -3.45. The Labute approximate surface area is 296 Å². The minimum absolute atomic E-state index is 0.0252. The Morgan fingerprint density at radius 1 is 1.04 bits per heavy atom. The van der Waals surface area contributed by atoms with Gasteiger partial charge in [0.1, 0.15) is 48.1 Å². The second kappa shape index (κ2) is 14.7. The summed E-state index contributed by atoms with van der Waals surface area (Å²) < 4.78 is 74.8. The summed E-state index contributed by atoms with van der Waals surface area (Å²) in [6.45, 7) is -2.25. The largest absolute Gasteiger partial charge is 0.481 e. The number of ether oxygens (including phenoxy) is 2. The fraction of sp³-hybridized carbons (Fsp3) is 0.440. The van der Waals surface area contributed by atoms with E-state index in [1.807, 2.05) is 0 Å². The van der Waals surface area contributed by atoms with Gasteiger partial charge < -0.3 is 65.2 Å². The Kier molecular flexibility index (Phi) is 10.9. The number of hydrogen-bond acceptors (Lipinski definition) is 19. The van der Waals surface area contributed by atoms with Crippen LogP contribution in [0, 0.1) is 0 Å². The molecule has 6 rings (SSSR count). The van der Waals surface area contributed by atoms with E-state index in [9.17, 15) is 53.4 Å². The lowest BCUT2D eigenvalue weighted by molar-refractivity contribution is -0.141. The van der Waals surface area contributed by atoms with E-state index in [0.29, 0.717) is 0 Å². The first-order chi connectivity index (χ1) is 24.8. The third-order valence-corrected chi connectivity index (χ3v) is 11.3. The van der Waals surface area contributed by atoms with Crippen LogP contribution in [-0.4, -0.2) is 115 Å². The van der Waals surface area contributed by atoms with Gasteiger partial charge in [0, 0.05) is 18.0 Å². The molecule has 1 amide bonds. The normalized spacial score (nSPS) is 31.4. The zero-order chi connectivity index (χ0) is 38.5. The smallest absolute Gasteiger partial charge is 0.466 e. The minimum Gasteiger partial charge on any atom is -0.466 e. The number of aliphatic hydroxyl groups is 3. The second-order valence-electron chi connectivity index (χ2n) is 11.7. The summed E-state index contributed by atoms with van der Waals surface area (Å²) in [4.78, 5) is 64.9. The van der Waals surface area contributed by atoms with Crippen molar-refractivity contribution in [1.82, 2.24) is 24.4 Å². The molecule has 3 aromatic rings. The number of carbonyl (C=O) groups excluding carboxylic acids is 1. The molecular formula is C25H32N7O18P3. The van der Waals surface area contributed by atoms with E-state index >= 15 is 0 Å². The van der Waals surface area contributed by atoms with Crippen molar-refractivity contribution >= 4 is 46.4 Å². The molecule has 3 aliphatic heterocycles. The number of rotatable bonds is 14. The van der Waals surface area contributed by atoms with Crippen LogP contribution in [0.25, 0.3) is 11.2 Å². The van der Waals surface area contributed by atoms with E-state index in [-0.39, 0.29) is 34.7 Å². The molecule has 2 saturated heterocycles. The van der Waals surface area contributed by atoms with Gasteiger partial charge in [-0.3, -0.25) is 22.9 Å². The molecule has 28 heteroatoms. The lowest BCUT2D eigenvalue weighted by Crippen LogP contribution is -2.44. The molecule has 3 aliphatic rings. The van der Waals surface area contributed by atoms with E-state index in [2.05, 4.69) is 19.3 Å². The molecule has 11 N–H and O–H groups in total. The monoisotopic (exact) mass is 811 g/mol. The van der Waals surface area contributed by atoms with Crippen LogP contribution in [0.4, 0.5) is 5.82 Å². The van der Waals surface area contributed by atoms with Gasteiger partial charge in [0.15, 0.2) is 29.5 Å². The summed E-state index contributed by atoms with van der Waals surface area (Å²) in [6, 6.07) is 2.51. The molecule has 0 saturated carbocycles. The molecule has 0 bridgehead atoms. The van der Waals surface area contributed by atoms with Gasteiger partial charge in [-0.2, -0.15) is 4.31 Å². The van der Waals surface area contributed by atoms with Crippen LogP contribution in [0.3, 0.4) is 0 Å². The topological polar surface area (TPSA) is 377 Å². The molecule has 0 radical (unpaired) electrons. The van der Waals surface area contributed by atoms with Crippen molar-refractivity contribution in [3.8, 4) is 0 Å². The number of carbonyl (C=O) groups is 1. The Bertz CT molecular complexity index is 2040. The first kappa shape index (κ1) is 39.2. The molecule has 10 atom stereocenters. The SMILES string of the molecule is NC(=O)C1=CN(C2O[C@H](COP(=O)(O)OP(=O)(O)OC[C@@]3(c4ccco4)O[C@@H](n4cnc5c(N)ncnc54)[C@H](OP(=O)(O)O)[C@@H]3O)C(O)C2O)C=CC1. The van der Waals surface area contributed by atoms with E-state index in [4.69, 9.17) is 38.9 Å². The van der Waals surface area contributed by atoms with Crippen molar-refractivity contribution in [1.29, 1.82) is 0 Å². The van der Waals surface area contributed by atoms with Crippen LogP contribution in [-0.2, 0) is 51.4 Å². The Balaban J connectivity index is 1.18. The van der Waals surface area contributed by atoms with E-state index in [1.54, 1.807) is 0 Å². The van der Waals surface area contributed by atoms with Gasteiger partial charge in [-0.1, -0.05) is 6.08 Å². The number of nitrogens with zero attached hydrogens (tertiary/aromatic N) is 5. The maximum absolute atomic E-state index is 13.0. The molecular weight excluding hydrogens is 779 g/mol. The van der Waals surface area contributed by atoms with Crippen LogP contribution >= 0.6 is 23.5 Å². The summed E-state index contributed by atoms with van der Waals surface area (Å²) in [5, 5.41) is 32.5. The van der Waals surface area contributed by atoms with Crippen molar-refractivity contribution in [3.05, 3.63) is 60.9 Å². The zero-order valence-electron chi connectivity index (χ0n) is 26.6. The Morgan fingerprint density at radius 3 is 2.45 bits per heavy atom. The highest BCUT2D eigenvalue weighted by Crippen LogP contribution is 2.62. The minimum atomic E-state index is -5.71. The molecule has 290 valence electrons. The van der Waals surface area contributed by atoms with Crippen molar-refractivity contribution in [3.63, 3.8) is 0 Å². The van der Waals surface area contributed by atoms with Crippen LogP contribution in [0.15, 0.2) is 59.5 Å². The number of fused-ring (bicyclic) bond motifs is 1. The molecule has 6 heterocycles. The number of phosphoric acid groups is 3. The van der Waals surface area contributed by atoms with Crippen molar-refractivity contribution in [2.24, 2.45) is 5.73 Å². The number of phosphoric ester groups is 3. The molecule has 5 unspecified atom stereocenters. The van der Waals surface area contributed by atoms with Crippen LogP contribution in [0.2, 0.25) is 0 Å². The Morgan fingerprint density at radius 2 is 1.77 bits per heavy atom. The van der Waals surface area contributed by atoms with Crippen molar-refractivity contribution < 1.29 is 85.2 Å². The van der Waals surface area contributed by atoms with Crippen LogP contribution in [0.5, 0.6) is 0 Å². The maximum Gasteiger partial charge on any atom is 0.481 e. The molecule has 0 aliphatic carbocycles. The van der Waals surface area contributed by atoms with Crippen LogP contribution in [0.1, 0.15) is 18.4 Å². The number of hydrogen-bond donors (Lipinski definition) is 9. The maximum atomic E-state index is 13.0. The van der Waals surface area contributed by atoms with Gasteiger partial charge in [-0.05, 0) is 18.6 Å². The number of allylic oxidation sites excluding steroid dienone is 1. The molecule has 2 fully saturated rings. The summed E-state index contributed by atoms with van der Waals surface area (Å²) in [6.07, 6.45) is -4.44. The summed E-state index contributed by atoms with van der Waals surface area (Å²) >= 11 is 0. The van der Waals surface area contributed by atoms with Gasteiger partial charge in [-0.15, -0.1) is 0 Å². The standard InChI is InChI=1S/C25H32N7O18P3/c26-20-15-22(29-10-28-20)32(11-30-15)24-18(49-51(37,38)39)19(35)25(48-24,14-4-2-6-44-14)9-46-53(42,43)50-52(40,41)45-8-13-16(33)17(34)23(47-13)31-5-1-3-12(7-31)21(27)36/h1-2,4-7,10-11,13,16-19,23-24,33-35H,3,8-9H2,(H2,27,36)(H,40,41)(H,42,43)(H2,26,28,29)(H2,37,38,39)/t13-,16?,17?,18-,19+,23?,24-,25+/m1/s1. The summed E-state index contributed by atoms with van der Waals surface area (Å²) in [5.74, 6) is -1.17. The van der Waals surface area contributed by atoms with Gasteiger partial charge in [0.25, 0.3) is 0 Å². The summed E-state index contributed by atoms with van der Waals surface area (Å²) in [5.41, 5.74) is 8.82. The predicted octanol–water partition coefficient (Wildman–Crippen LogP) is -1.45. The molecule has 3 aromatic heterocycles. The number of nitrogens with two attached hydrogens (primary N) is 2. The lowest BCUT2D eigenvalue weighted by Gasteiger charge is -2.30. The van der Waals surface area contributed by atoms with Crippen LogP contribution < -0.4 is 11.5 Å². The quantitative estimate of drug-likeness (QED) is 0.0841. The first-order valence-corrected chi connectivity index (χ1v) is 19.5. The number of primary amides is 1. The average molecular weight is 811 g/mol. The van der Waals surface area contributed by atoms with Gasteiger partial charge in [0.2, 0.25) is 5.91 Å². The molecule has 0 aromatic carbocycles. The number of aromatic nitrogens is 4. The molecule has 25 nitrogen and oxygen atoms in total. The lowest BCUT2D eigenvalue weighted by atomic mass is 9.93. The zero-order valence-corrected chi connectivity index (χ0v) is 29.3. The number of anilines is 1. The third kappa shape index (κ3) is 8.16. The van der Waals surface area contributed by atoms with Gasteiger partial charge in [-0.25, -0.2) is 28.6 Å². The fourth-order valence-corrected chi connectivity index (χ4v) is 8.41. The number of amides is 1. The van der Waals surface area contributed by atoms with E-state index < -0.39 is 91.2 Å². The molecule has 0 spiro atoms. The number of aliphatic hydroxyl groups excluding tert-OH is 3. The fourth-order valence-electron chi connectivity index (χ4n) is 5.76. The highest BCUT2D eigenvalue weighted by Gasteiger charge is 2.61.